The molecule has 29 heavy (non-hydrogen) atoms. The molecule has 7 heteroatoms. The molecule has 1 aliphatic rings. The largest absolute Gasteiger partial charge is 0.454 e. The smallest absolute Gasteiger partial charge is 0.378 e. The van der Waals surface area contributed by atoms with Crippen molar-refractivity contribution in [1.82, 2.24) is 4.98 Å². The molecule has 1 aliphatic heterocycles. The monoisotopic (exact) mass is 400 g/mol. The van der Waals surface area contributed by atoms with E-state index >= 15 is 0 Å². The number of rotatable bonds is 3. The molecule has 0 radical (unpaired) electrons. The molecule has 2 heterocycles. The summed E-state index contributed by atoms with van der Waals surface area (Å²) >= 11 is 0. The lowest BCUT2D eigenvalue weighted by atomic mass is 9.91. The summed E-state index contributed by atoms with van der Waals surface area (Å²) < 4.78 is 45.5. The summed E-state index contributed by atoms with van der Waals surface area (Å²) in [5, 5.41) is 0.526. The Balaban J connectivity index is 2.01. The van der Waals surface area contributed by atoms with Gasteiger partial charge in [-0.05, 0) is 30.7 Å². The number of Topliss-reactive ketones (excluding diaryl/α,β-unsaturated/α-hetero) is 1. The highest BCUT2D eigenvalue weighted by Gasteiger charge is 2.42. The van der Waals surface area contributed by atoms with E-state index in [1.54, 1.807) is 36.4 Å². The van der Waals surface area contributed by atoms with Crippen molar-refractivity contribution in [3.8, 4) is 11.1 Å². The average Bonchev–Trinajstić information content (AvgIpc) is 2.72. The highest BCUT2D eigenvalue weighted by atomic mass is 19.4. The lowest BCUT2D eigenvalue weighted by Crippen LogP contribution is -2.36. The second-order valence-corrected chi connectivity index (χ2v) is 6.94. The first kappa shape index (κ1) is 19.4. The normalized spacial score (nSPS) is 15.0. The van der Waals surface area contributed by atoms with Crippen LogP contribution in [0.15, 0.2) is 48.5 Å². The van der Waals surface area contributed by atoms with E-state index in [-0.39, 0.29) is 11.3 Å². The number of aryl methyl sites for hydroxylation is 1. The second-order valence-electron chi connectivity index (χ2n) is 6.94. The minimum absolute atomic E-state index is 0.0674. The first-order valence-electron chi connectivity index (χ1n) is 9.30. The summed E-state index contributed by atoms with van der Waals surface area (Å²) in [5.41, 5.74) is 1.92. The number of carbonyl (C=O) groups is 1. The Morgan fingerprint density at radius 2 is 1.76 bits per heavy atom. The van der Waals surface area contributed by atoms with Gasteiger partial charge in [0.25, 0.3) is 5.78 Å². The van der Waals surface area contributed by atoms with Gasteiger partial charge < -0.3 is 9.64 Å². The van der Waals surface area contributed by atoms with Gasteiger partial charge in [0.15, 0.2) is 0 Å². The predicted octanol–water partition coefficient (Wildman–Crippen LogP) is 4.79. The Morgan fingerprint density at radius 3 is 2.41 bits per heavy atom. The number of halogens is 3. The van der Waals surface area contributed by atoms with E-state index in [0.717, 1.165) is 5.69 Å². The van der Waals surface area contributed by atoms with E-state index in [2.05, 4.69) is 9.88 Å². The number of carbonyl (C=O) groups excluding carboxylic acids is 1. The SMILES string of the molecule is Cc1nc2ccc(N3CCOCC3)cc2c(-c2ccccc2)c1C(=O)C(F)(F)F. The van der Waals surface area contributed by atoms with Crippen LogP contribution in [0.4, 0.5) is 18.9 Å². The molecule has 0 bridgehead atoms. The third kappa shape index (κ3) is 3.70. The zero-order valence-electron chi connectivity index (χ0n) is 15.8. The molecule has 0 N–H and O–H groups in total. The first-order chi connectivity index (χ1) is 13.9. The fraction of sp³-hybridized carbons (Fsp3) is 0.273. The van der Waals surface area contributed by atoms with E-state index in [9.17, 15) is 18.0 Å². The van der Waals surface area contributed by atoms with Crippen molar-refractivity contribution >= 4 is 22.4 Å². The maximum atomic E-state index is 13.4. The van der Waals surface area contributed by atoms with Crippen molar-refractivity contribution in [2.24, 2.45) is 0 Å². The number of fused-ring (bicyclic) bond motifs is 1. The molecule has 3 aromatic rings. The van der Waals surface area contributed by atoms with E-state index in [1.165, 1.54) is 6.92 Å². The number of morpholine rings is 1. The zero-order chi connectivity index (χ0) is 20.6. The van der Waals surface area contributed by atoms with Gasteiger partial charge in [-0.15, -0.1) is 0 Å². The Kier molecular flexibility index (Phi) is 5.00. The number of alkyl halides is 3. The van der Waals surface area contributed by atoms with Crippen molar-refractivity contribution in [1.29, 1.82) is 0 Å². The molecule has 2 aromatic carbocycles. The van der Waals surface area contributed by atoms with E-state index in [1.807, 2.05) is 12.1 Å². The van der Waals surface area contributed by atoms with E-state index < -0.39 is 17.5 Å². The van der Waals surface area contributed by atoms with Crippen LogP contribution in [-0.4, -0.2) is 43.2 Å². The average molecular weight is 400 g/mol. The molecule has 0 unspecified atom stereocenters. The van der Waals surface area contributed by atoms with Gasteiger partial charge >= 0.3 is 6.18 Å². The van der Waals surface area contributed by atoms with Crippen molar-refractivity contribution in [3.05, 3.63) is 59.8 Å². The molecular weight excluding hydrogens is 381 g/mol. The summed E-state index contributed by atoms with van der Waals surface area (Å²) in [4.78, 5) is 18.8. The van der Waals surface area contributed by atoms with Crippen LogP contribution in [0.1, 0.15) is 16.1 Å². The van der Waals surface area contributed by atoms with Crippen LogP contribution in [0, 0.1) is 6.92 Å². The Morgan fingerprint density at radius 1 is 1.07 bits per heavy atom. The minimum Gasteiger partial charge on any atom is -0.378 e. The molecule has 0 spiro atoms. The third-order valence-corrected chi connectivity index (χ3v) is 5.07. The number of hydrogen-bond acceptors (Lipinski definition) is 4. The van der Waals surface area contributed by atoms with Gasteiger partial charge in [0.2, 0.25) is 0 Å². The zero-order valence-corrected chi connectivity index (χ0v) is 15.8. The first-order valence-corrected chi connectivity index (χ1v) is 9.30. The van der Waals surface area contributed by atoms with Gasteiger partial charge in [-0.25, -0.2) is 0 Å². The standard InChI is InChI=1S/C22H19F3N2O2/c1-14-19(21(28)22(23,24)25)20(15-5-3-2-4-6-15)17-13-16(7-8-18(17)26-14)27-9-11-29-12-10-27/h2-8,13H,9-12H2,1H3. The van der Waals surface area contributed by atoms with Crippen LogP contribution >= 0.6 is 0 Å². The number of aromatic nitrogens is 1. The van der Waals surface area contributed by atoms with Crippen LogP contribution in [0.3, 0.4) is 0 Å². The number of benzene rings is 2. The van der Waals surface area contributed by atoms with E-state index in [4.69, 9.17) is 4.74 Å². The highest BCUT2D eigenvalue weighted by molar-refractivity contribution is 6.13. The molecule has 150 valence electrons. The molecular formula is C22H19F3N2O2. The number of ketones is 1. The molecule has 1 aromatic heterocycles. The van der Waals surface area contributed by atoms with Crippen LogP contribution < -0.4 is 4.90 Å². The van der Waals surface area contributed by atoms with Crippen molar-refractivity contribution in [2.45, 2.75) is 13.1 Å². The van der Waals surface area contributed by atoms with Gasteiger partial charge in [0.05, 0.1) is 24.3 Å². The van der Waals surface area contributed by atoms with Crippen LogP contribution in [0.5, 0.6) is 0 Å². The molecule has 4 nitrogen and oxygen atoms in total. The quantitative estimate of drug-likeness (QED) is 0.593. The van der Waals surface area contributed by atoms with Gasteiger partial charge in [-0.1, -0.05) is 30.3 Å². The van der Waals surface area contributed by atoms with Crippen LogP contribution in [-0.2, 0) is 4.74 Å². The number of hydrogen-bond donors (Lipinski definition) is 0. The molecule has 0 saturated carbocycles. The fourth-order valence-corrected chi connectivity index (χ4v) is 3.72. The van der Waals surface area contributed by atoms with E-state index in [0.29, 0.717) is 42.8 Å². The van der Waals surface area contributed by atoms with Crippen molar-refractivity contribution in [3.63, 3.8) is 0 Å². The fourth-order valence-electron chi connectivity index (χ4n) is 3.72. The summed E-state index contributed by atoms with van der Waals surface area (Å²) in [5.74, 6) is -1.87. The minimum atomic E-state index is -4.98. The predicted molar refractivity (Wildman–Crippen MR) is 105 cm³/mol. The molecule has 0 amide bonds. The number of ether oxygens (including phenoxy) is 1. The van der Waals surface area contributed by atoms with Gasteiger partial charge in [-0.3, -0.25) is 9.78 Å². The maximum Gasteiger partial charge on any atom is 0.454 e. The van der Waals surface area contributed by atoms with Gasteiger partial charge in [0, 0.05) is 35.4 Å². The number of nitrogens with zero attached hydrogens (tertiary/aromatic N) is 2. The van der Waals surface area contributed by atoms with Gasteiger partial charge in [-0.2, -0.15) is 13.2 Å². The summed E-state index contributed by atoms with van der Waals surface area (Å²) in [6.07, 6.45) is -4.98. The third-order valence-electron chi connectivity index (χ3n) is 5.07. The molecule has 0 atom stereocenters. The van der Waals surface area contributed by atoms with Crippen LogP contribution in [0.2, 0.25) is 0 Å². The Labute approximate surface area is 165 Å². The summed E-state index contributed by atoms with van der Waals surface area (Å²) in [7, 11) is 0. The Hall–Kier alpha value is -2.93. The van der Waals surface area contributed by atoms with Crippen LogP contribution in [0.25, 0.3) is 22.0 Å². The number of pyridine rings is 1. The summed E-state index contributed by atoms with van der Waals surface area (Å²) in [6.45, 7) is 4.02. The molecule has 1 fully saturated rings. The molecule has 0 aliphatic carbocycles. The van der Waals surface area contributed by atoms with Crippen molar-refractivity contribution in [2.75, 3.05) is 31.2 Å². The second kappa shape index (κ2) is 7.48. The highest BCUT2D eigenvalue weighted by Crippen LogP contribution is 2.38. The maximum absolute atomic E-state index is 13.4. The number of anilines is 1. The molecule has 1 saturated heterocycles. The molecule has 4 rings (SSSR count). The van der Waals surface area contributed by atoms with Gasteiger partial charge in [0.1, 0.15) is 0 Å². The Bertz CT molecular complexity index is 1060. The van der Waals surface area contributed by atoms with Crippen molar-refractivity contribution < 1.29 is 22.7 Å². The topological polar surface area (TPSA) is 42.4 Å². The lowest BCUT2D eigenvalue weighted by molar-refractivity contribution is -0.0885. The lowest BCUT2D eigenvalue weighted by Gasteiger charge is -2.29. The summed E-state index contributed by atoms with van der Waals surface area (Å²) in [6, 6.07) is 14.2.